The quantitative estimate of drug-likeness (QED) is 0.454. The molecule has 2 amide bonds. The van der Waals surface area contributed by atoms with Crippen LogP contribution in [0.2, 0.25) is 0 Å². The molecule has 34 heavy (non-hydrogen) atoms. The van der Waals surface area contributed by atoms with Gasteiger partial charge in [0.15, 0.2) is 0 Å². The van der Waals surface area contributed by atoms with Gasteiger partial charge in [0, 0.05) is 17.5 Å². The molecule has 0 saturated carbocycles. The van der Waals surface area contributed by atoms with Crippen LogP contribution in [0.4, 0.5) is 0 Å². The SMILES string of the molecule is CCC(C)N(CC(=O)N1CCc2sccc2C1c1ccccc1)C(=O)Cc1ccc(OC)cc1. The van der Waals surface area contributed by atoms with Crippen LogP contribution in [0, 0.1) is 0 Å². The number of hydrogen-bond donors (Lipinski definition) is 0. The molecular formula is C28H32N2O3S. The standard InChI is InChI=1S/C28H32N2O3S/c1-4-20(2)30(26(31)18-21-10-12-23(33-3)13-11-21)19-27(32)29-16-14-25-24(15-17-34-25)28(29)22-8-6-5-7-9-22/h5-13,15,17,20,28H,4,14,16,18-19H2,1-3H3. The van der Waals surface area contributed by atoms with Crippen LogP contribution in [-0.4, -0.2) is 47.9 Å². The molecule has 4 rings (SSSR count). The van der Waals surface area contributed by atoms with Crippen LogP contribution in [0.3, 0.4) is 0 Å². The highest BCUT2D eigenvalue weighted by atomic mass is 32.1. The Morgan fingerprint density at radius 1 is 1.12 bits per heavy atom. The molecule has 178 valence electrons. The Hall–Kier alpha value is -3.12. The summed E-state index contributed by atoms with van der Waals surface area (Å²) in [7, 11) is 1.62. The molecule has 2 aromatic carbocycles. The molecule has 0 aliphatic carbocycles. The minimum atomic E-state index is -0.112. The van der Waals surface area contributed by atoms with Crippen molar-refractivity contribution in [1.29, 1.82) is 0 Å². The largest absolute Gasteiger partial charge is 0.497 e. The average Bonchev–Trinajstić information content (AvgIpc) is 3.36. The second kappa shape index (κ2) is 10.9. The number of amides is 2. The molecule has 0 N–H and O–H groups in total. The normalized spacial score (nSPS) is 16.0. The Labute approximate surface area is 206 Å². The average molecular weight is 477 g/mol. The van der Waals surface area contributed by atoms with Crippen LogP contribution in [0.15, 0.2) is 66.0 Å². The van der Waals surface area contributed by atoms with E-state index in [1.54, 1.807) is 23.3 Å². The summed E-state index contributed by atoms with van der Waals surface area (Å²) in [6.07, 6.45) is 1.90. The zero-order valence-corrected chi connectivity index (χ0v) is 20.9. The van der Waals surface area contributed by atoms with Crippen molar-refractivity contribution in [3.63, 3.8) is 0 Å². The van der Waals surface area contributed by atoms with E-state index in [4.69, 9.17) is 4.74 Å². The van der Waals surface area contributed by atoms with Gasteiger partial charge in [-0.3, -0.25) is 9.59 Å². The first-order chi connectivity index (χ1) is 16.5. The van der Waals surface area contributed by atoms with Gasteiger partial charge in [0.1, 0.15) is 12.3 Å². The van der Waals surface area contributed by atoms with Gasteiger partial charge in [-0.15, -0.1) is 11.3 Å². The van der Waals surface area contributed by atoms with Crippen molar-refractivity contribution in [2.24, 2.45) is 0 Å². The van der Waals surface area contributed by atoms with Crippen molar-refractivity contribution < 1.29 is 14.3 Å². The predicted octanol–water partition coefficient (Wildman–Crippen LogP) is 5.10. The van der Waals surface area contributed by atoms with E-state index < -0.39 is 0 Å². The van der Waals surface area contributed by atoms with E-state index in [2.05, 4.69) is 23.6 Å². The van der Waals surface area contributed by atoms with E-state index in [-0.39, 0.29) is 36.9 Å². The van der Waals surface area contributed by atoms with Crippen LogP contribution < -0.4 is 4.74 Å². The Kier molecular flexibility index (Phi) is 7.68. The molecule has 0 saturated heterocycles. The van der Waals surface area contributed by atoms with Gasteiger partial charge in [-0.2, -0.15) is 0 Å². The summed E-state index contributed by atoms with van der Waals surface area (Å²) in [5, 5.41) is 2.11. The molecule has 6 heteroatoms. The minimum Gasteiger partial charge on any atom is -0.497 e. The molecular weight excluding hydrogens is 444 g/mol. The van der Waals surface area contributed by atoms with Gasteiger partial charge < -0.3 is 14.5 Å². The molecule has 1 aromatic heterocycles. The minimum absolute atomic E-state index is 0.00548. The predicted molar refractivity (Wildman–Crippen MR) is 136 cm³/mol. The van der Waals surface area contributed by atoms with E-state index in [1.807, 2.05) is 61.2 Å². The Morgan fingerprint density at radius 3 is 2.53 bits per heavy atom. The second-order valence-electron chi connectivity index (χ2n) is 8.75. The maximum absolute atomic E-state index is 13.7. The second-order valence-corrected chi connectivity index (χ2v) is 9.75. The van der Waals surface area contributed by atoms with Crippen molar-refractivity contribution in [3.05, 3.63) is 87.6 Å². The maximum Gasteiger partial charge on any atom is 0.243 e. The molecule has 0 bridgehead atoms. The monoisotopic (exact) mass is 476 g/mol. The molecule has 3 aromatic rings. The fourth-order valence-electron chi connectivity index (χ4n) is 4.55. The van der Waals surface area contributed by atoms with Crippen LogP contribution >= 0.6 is 11.3 Å². The van der Waals surface area contributed by atoms with Crippen LogP contribution in [0.5, 0.6) is 5.75 Å². The van der Waals surface area contributed by atoms with Crippen LogP contribution in [0.1, 0.15) is 47.9 Å². The third-order valence-corrected chi connectivity index (χ3v) is 7.66. The topological polar surface area (TPSA) is 49.9 Å². The van der Waals surface area contributed by atoms with Gasteiger partial charge in [-0.05, 0) is 60.0 Å². The van der Waals surface area contributed by atoms with Crippen molar-refractivity contribution in [1.82, 2.24) is 9.80 Å². The number of nitrogens with zero attached hydrogens (tertiary/aromatic N) is 2. The van der Waals surface area contributed by atoms with E-state index in [0.29, 0.717) is 6.54 Å². The van der Waals surface area contributed by atoms with Gasteiger partial charge in [0.05, 0.1) is 19.6 Å². The zero-order valence-electron chi connectivity index (χ0n) is 20.1. The third-order valence-electron chi connectivity index (χ3n) is 6.66. The summed E-state index contributed by atoms with van der Waals surface area (Å²) >= 11 is 1.76. The number of carbonyl (C=O) groups excluding carboxylic acids is 2. The molecule has 2 unspecified atom stereocenters. The summed E-state index contributed by atoms with van der Waals surface area (Å²) in [5.41, 5.74) is 3.22. The maximum atomic E-state index is 13.7. The smallest absolute Gasteiger partial charge is 0.243 e. The molecule has 5 nitrogen and oxygen atoms in total. The fraction of sp³-hybridized carbons (Fsp3) is 0.357. The number of thiophene rings is 1. The highest BCUT2D eigenvalue weighted by Gasteiger charge is 2.34. The van der Waals surface area contributed by atoms with Crippen molar-refractivity contribution in [3.8, 4) is 5.75 Å². The summed E-state index contributed by atoms with van der Waals surface area (Å²) < 4.78 is 5.22. The van der Waals surface area contributed by atoms with Gasteiger partial charge in [0.2, 0.25) is 11.8 Å². The Morgan fingerprint density at radius 2 is 1.85 bits per heavy atom. The van der Waals surface area contributed by atoms with Crippen molar-refractivity contribution in [2.75, 3.05) is 20.2 Å². The molecule has 0 spiro atoms. The number of ether oxygens (including phenoxy) is 1. The van der Waals surface area contributed by atoms with Crippen LogP contribution in [0.25, 0.3) is 0 Å². The number of hydrogen-bond acceptors (Lipinski definition) is 4. The number of carbonyl (C=O) groups is 2. The summed E-state index contributed by atoms with van der Waals surface area (Å²) in [6, 6.07) is 19.7. The first kappa shape index (κ1) is 24.0. The molecule has 1 aliphatic rings. The molecule has 0 radical (unpaired) electrons. The Balaban J connectivity index is 1.55. The molecule has 0 fully saturated rings. The van der Waals surface area contributed by atoms with Crippen molar-refractivity contribution in [2.45, 2.75) is 45.2 Å². The van der Waals surface area contributed by atoms with Gasteiger partial charge in [-0.25, -0.2) is 0 Å². The zero-order chi connectivity index (χ0) is 24.1. The van der Waals surface area contributed by atoms with Crippen molar-refractivity contribution >= 4 is 23.2 Å². The number of fused-ring (bicyclic) bond motifs is 1. The third kappa shape index (κ3) is 5.17. The number of benzene rings is 2. The van der Waals surface area contributed by atoms with E-state index in [1.165, 1.54) is 10.4 Å². The number of methoxy groups -OCH3 is 1. The highest BCUT2D eigenvalue weighted by molar-refractivity contribution is 7.10. The lowest BCUT2D eigenvalue weighted by atomic mass is 9.93. The lowest BCUT2D eigenvalue weighted by Gasteiger charge is -2.38. The summed E-state index contributed by atoms with van der Waals surface area (Å²) in [5.74, 6) is 0.724. The molecule has 2 heterocycles. The first-order valence-electron chi connectivity index (χ1n) is 11.8. The van der Waals surface area contributed by atoms with E-state index >= 15 is 0 Å². The lowest BCUT2D eigenvalue weighted by Crippen LogP contribution is -2.49. The summed E-state index contributed by atoms with van der Waals surface area (Å²) in [4.78, 5) is 32.1. The number of rotatable bonds is 8. The molecule has 2 atom stereocenters. The first-order valence-corrected chi connectivity index (χ1v) is 12.7. The van der Waals surface area contributed by atoms with Gasteiger partial charge >= 0.3 is 0 Å². The summed E-state index contributed by atoms with van der Waals surface area (Å²) in [6.45, 7) is 4.81. The molecule has 1 aliphatic heterocycles. The van der Waals surface area contributed by atoms with E-state index in [0.717, 1.165) is 29.7 Å². The Bertz CT molecular complexity index is 1110. The van der Waals surface area contributed by atoms with Gasteiger partial charge in [0.25, 0.3) is 0 Å². The highest BCUT2D eigenvalue weighted by Crippen LogP contribution is 2.37. The fourth-order valence-corrected chi connectivity index (χ4v) is 5.45. The lowest BCUT2D eigenvalue weighted by molar-refractivity contribution is -0.143. The van der Waals surface area contributed by atoms with Crippen LogP contribution in [-0.2, 0) is 22.4 Å². The van der Waals surface area contributed by atoms with E-state index in [9.17, 15) is 9.59 Å². The van der Waals surface area contributed by atoms with Gasteiger partial charge in [-0.1, -0.05) is 49.4 Å².